The van der Waals surface area contributed by atoms with Gasteiger partial charge in [-0.3, -0.25) is 9.69 Å². The highest BCUT2D eigenvalue weighted by Gasteiger charge is 2.35. The van der Waals surface area contributed by atoms with Crippen LogP contribution >= 0.6 is 46.2 Å². The topological polar surface area (TPSA) is 69.8 Å². The molecule has 3 N–H and O–H groups in total. The largest absolute Gasteiger partial charge is 0.395 e. The molecular formula is C15H13N3O2S4. The maximum absolute atomic E-state index is 12.5. The fraction of sp³-hybridized carbons (Fsp3) is 0.200. The number of aliphatic hydroxyl groups is 1. The lowest BCUT2D eigenvalue weighted by molar-refractivity contribution is -0.122. The van der Waals surface area contributed by atoms with Gasteiger partial charge in [0.15, 0.2) is 5.11 Å². The normalized spacial score (nSPS) is 17.3. The van der Waals surface area contributed by atoms with E-state index in [9.17, 15) is 4.79 Å². The van der Waals surface area contributed by atoms with Gasteiger partial charge in [-0.1, -0.05) is 0 Å². The first-order valence-electron chi connectivity index (χ1n) is 7.13. The summed E-state index contributed by atoms with van der Waals surface area (Å²) in [5, 5.41) is 10.3. The van der Waals surface area contributed by atoms with Gasteiger partial charge >= 0.3 is 0 Å². The molecule has 0 saturated carbocycles. The highest BCUT2D eigenvalue weighted by Crippen LogP contribution is 2.45. The van der Waals surface area contributed by atoms with Crippen LogP contribution in [0.15, 0.2) is 17.8 Å². The highest BCUT2D eigenvalue weighted by molar-refractivity contribution is 7.80. The zero-order chi connectivity index (χ0) is 17.0. The first kappa shape index (κ1) is 16.0. The van der Waals surface area contributed by atoms with Gasteiger partial charge in [0, 0.05) is 21.3 Å². The van der Waals surface area contributed by atoms with Crippen LogP contribution in [0.1, 0.15) is 4.88 Å². The van der Waals surface area contributed by atoms with Gasteiger partial charge in [0.1, 0.15) is 5.70 Å². The van der Waals surface area contributed by atoms with Gasteiger partial charge in [0.05, 0.1) is 27.6 Å². The maximum Gasteiger partial charge on any atom is 0.276 e. The quantitative estimate of drug-likeness (QED) is 0.527. The molecule has 3 aromatic heterocycles. The molecule has 0 bridgehead atoms. The van der Waals surface area contributed by atoms with Crippen molar-refractivity contribution < 1.29 is 9.90 Å². The lowest BCUT2D eigenvalue weighted by Gasteiger charge is -2.14. The molecule has 0 spiro atoms. The Labute approximate surface area is 155 Å². The fourth-order valence-electron chi connectivity index (χ4n) is 2.69. The second kappa shape index (κ2) is 5.78. The Hall–Kier alpha value is -1.52. The summed E-state index contributed by atoms with van der Waals surface area (Å²) in [6.45, 7) is 0.105. The molecule has 24 heavy (non-hydrogen) atoms. The average molecular weight is 396 g/mol. The second-order valence-electron chi connectivity index (χ2n) is 5.34. The molecule has 4 heterocycles. The van der Waals surface area contributed by atoms with E-state index in [0.29, 0.717) is 10.8 Å². The van der Waals surface area contributed by atoms with Crippen molar-refractivity contribution >= 4 is 87.1 Å². The Morgan fingerprint density at radius 3 is 2.71 bits per heavy atom. The van der Waals surface area contributed by atoms with E-state index < -0.39 is 0 Å². The summed E-state index contributed by atoms with van der Waals surface area (Å²) in [5.41, 5.74) is 6.42. The molecule has 1 saturated heterocycles. The first-order chi connectivity index (χ1) is 11.5. The van der Waals surface area contributed by atoms with Gasteiger partial charge < -0.3 is 15.7 Å². The van der Waals surface area contributed by atoms with Crippen molar-refractivity contribution in [3.63, 3.8) is 0 Å². The van der Waals surface area contributed by atoms with Crippen molar-refractivity contribution in [1.82, 2.24) is 9.80 Å². The van der Waals surface area contributed by atoms with Gasteiger partial charge in [-0.2, -0.15) is 0 Å². The van der Waals surface area contributed by atoms with Crippen LogP contribution in [0.3, 0.4) is 0 Å². The summed E-state index contributed by atoms with van der Waals surface area (Å²) in [7, 11) is 1.78. The molecule has 5 nitrogen and oxygen atoms in total. The van der Waals surface area contributed by atoms with Gasteiger partial charge in [-0.15, -0.1) is 34.0 Å². The first-order valence-corrected chi connectivity index (χ1v) is 9.99. The number of thiocarbonyl (C=S) groups is 1. The van der Waals surface area contributed by atoms with Crippen LogP contribution in [0, 0.1) is 0 Å². The number of carbonyl (C=O) groups excluding carboxylic acids is 1. The van der Waals surface area contributed by atoms with Gasteiger partial charge in [-0.25, -0.2) is 0 Å². The summed E-state index contributed by atoms with van der Waals surface area (Å²) >= 11 is 10.2. The Kier molecular flexibility index (Phi) is 3.85. The summed E-state index contributed by atoms with van der Waals surface area (Å²) in [5.74, 6) is -0.168. The van der Waals surface area contributed by atoms with E-state index in [0.717, 1.165) is 9.88 Å². The number of aliphatic hydroxyl groups excluding tert-OH is 1. The van der Waals surface area contributed by atoms with E-state index in [1.165, 1.54) is 23.7 Å². The summed E-state index contributed by atoms with van der Waals surface area (Å²) in [6.07, 6.45) is 1.87. The van der Waals surface area contributed by atoms with Crippen LogP contribution in [0.5, 0.6) is 0 Å². The number of hydrogen-bond donors (Lipinski definition) is 2. The van der Waals surface area contributed by atoms with E-state index in [-0.39, 0.29) is 19.1 Å². The van der Waals surface area contributed by atoms with E-state index in [4.69, 9.17) is 23.1 Å². The lowest BCUT2D eigenvalue weighted by Crippen LogP contribution is -2.33. The number of anilines is 1. The number of nitrogen functional groups attached to an aromatic ring is 1. The minimum absolute atomic E-state index is 0.112. The third-order valence-electron chi connectivity index (χ3n) is 3.81. The number of nitrogens with zero attached hydrogens (tertiary/aromatic N) is 2. The van der Waals surface area contributed by atoms with Crippen LogP contribution in [0.25, 0.3) is 24.9 Å². The van der Waals surface area contributed by atoms with Crippen LogP contribution in [-0.4, -0.2) is 46.1 Å². The zero-order valence-corrected chi connectivity index (χ0v) is 15.9. The molecule has 4 rings (SSSR count). The van der Waals surface area contributed by atoms with Crippen molar-refractivity contribution in [2.75, 3.05) is 25.9 Å². The number of thiophene rings is 3. The predicted octanol–water partition coefficient (Wildman–Crippen LogP) is 3.15. The number of carbonyl (C=O) groups is 1. The molecular weight excluding hydrogens is 382 g/mol. The number of nitrogens with two attached hydrogens (primary N) is 1. The van der Waals surface area contributed by atoms with Crippen molar-refractivity contribution in [2.24, 2.45) is 0 Å². The molecule has 0 atom stereocenters. The molecule has 1 fully saturated rings. The molecule has 3 aromatic rings. The number of hydrogen-bond acceptors (Lipinski definition) is 7. The van der Waals surface area contributed by atoms with Crippen LogP contribution in [0.4, 0.5) is 5.00 Å². The second-order valence-corrected chi connectivity index (χ2v) is 8.95. The Morgan fingerprint density at radius 1 is 1.25 bits per heavy atom. The monoisotopic (exact) mass is 395 g/mol. The molecule has 1 aliphatic rings. The maximum atomic E-state index is 12.5. The molecule has 0 aromatic carbocycles. The van der Waals surface area contributed by atoms with Gasteiger partial charge in [0.2, 0.25) is 0 Å². The van der Waals surface area contributed by atoms with Crippen LogP contribution in [-0.2, 0) is 4.79 Å². The number of fused-ring (bicyclic) bond motifs is 3. The third-order valence-corrected chi connectivity index (χ3v) is 7.85. The van der Waals surface area contributed by atoms with Crippen LogP contribution in [0.2, 0.25) is 0 Å². The number of amides is 1. The summed E-state index contributed by atoms with van der Waals surface area (Å²) in [6, 6.07) is 4.11. The molecule has 0 unspecified atom stereocenters. The van der Waals surface area contributed by atoms with Gasteiger partial charge in [-0.05, 0) is 30.4 Å². The number of β-amino-alcohol motifs (C(OH)–C–C–N with tert-alkyl or cyclic N) is 1. The van der Waals surface area contributed by atoms with Crippen molar-refractivity contribution in [3.05, 3.63) is 22.7 Å². The lowest BCUT2D eigenvalue weighted by atomic mass is 10.3. The molecule has 0 radical (unpaired) electrons. The van der Waals surface area contributed by atoms with Crippen molar-refractivity contribution in [2.45, 2.75) is 0 Å². The predicted molar refractivity (Wildman–Crippen MR) is 107 cm³/mol. The van der Waals surface area contributed by atoms with E-state index in [2.05, 4.69) is 6.07 Å². The number of likely N-dealkylation sites (N-methyl/N-ethyl adjacent to an activating group) is 1. The van der Waals surface area contributed by atoms with Crippen molar-refractivity contribution in [3.8, 4) is 0 Å². The molecule has 1 amide bonds. The number of rotatable bonds is 3. The Balaban J connectivity index is 1.75. The fourth-order valence-corrected chi connectivity index (χ4v) is 6.70. The van der Waals surface area contributed by atoms with Gasteiger partial charge in [0.25, 0.3) is 5.91 Å². The summed E-state index contributed by atoms with van der Waals surface area (Å²) < 4.78 is 4.84. The molecule has 0 aliphatic carbocycles. The summed E-state index contributed by atoms with van der Waals surface area (Å²) in [4.78, 5) is 16.6. The van der Waals surface area contributed by atoms with Crippen molar-refractivity contribution in [1.29, 1.82) is 0 Å². The zero-order valence-electron chi connectivity index (χ0n) is 12.6. The van der Waals surface area contributed by atoms with Crippen LogP contribution < -0.4 is 5.73 Å². The third kappa shape index (κ3) is 2.35. The minimum Gasteiger partial charge on any atom is -0.395 e. The Bertz CT molecular complexity index is 1010. The van der Waals surface area contributed by atoms with E-state index in [1.807, 2.05) is 12.1 Å². The molecule has 9 heteroatoms. The SMILES string of the molecule is CN1C(=S)N(CCO)C(=O)/C1=C/c1cc2sc3cc(N)sc3c2s1. The van der Waals surface area contributed by atoms with E-state index >= 15 is 0 Å². The standard InChI is InChI=1S/C15H13N3O2S4/c1-17-8(14(20)18(2-3-19)15(17)21)4-7-5-9-12(22-7)13-10(23-9)6-11(16)24-13/h4-6,19H,2-3,16H2,1H3/b8-4-. The highest BCUT2D eigenvalue weighted by atomic mass is 32.1. The minimum atomic E-state index is -0.168. The van der Waals surface area contributed by atoms with E-state index in [1.54, 1.807) is 46.0 Å². The molecule has 124 valence electrons. The molecule has 1 aliphatic heterocycles. The Morgan fingerprint density at radius 2 is 1.96 bits per heavy atom. The smallest absolute Gasteiger partial charge is 0.276 e. The average Bonchev–Trinajstić information content (AvgIpc) is 3.21.